The Kier molecular flexibility index (Phi) is 4.20. The summed E-state index contributed by atoms with van der Waals surface area (Å²) in [4.78, 5) is 16.9. The first-order chi connectivity index (χ1) is 8.49. The average Bonchev–Trinajstić information content (AvgIpc) is 2.69. The van der Waals surface area contributed by atoms with Gasteiger partial charge in [-0.05, 0) is 31.7 Å². The first kappa shape index (κ1) is 13.7. The molecule has 3 N–H and O–H groups in total. The fourth-order valence-electron chi connectivity index (χ4n) is 2.31. The Hall–Kier alpha value is -0.710. The number of hydrogen-bond donors (Lipinski definition) is 2. The van der Waals surface area contributed by atoms with Crippen LogP contribution in [0.3, 0.4) is 0 Å². The summed E-state index contributed by atoms with van der Waals surface area (Å²) >= 11 is 11.7. The van der Waals surface area contributed by atoms with E-state index in [-0.39, 0.29) is 11.9 Å². The lowest BCUT2D eigenvalue weighted by atomic mass is 9.92. The van der Waals surface area contributed by atoms with Gasteiger partial charge >= 0.3 is 0 Å². The zero-order valence-corrected chi connectivity index (χ0v) is 11.8. The third kappa shape index (κ3) is 2.82. The van der Waals surface area contributed by atoms with Gasteiger partial charge in [-0.3, -0.25) is 4.79 Å². The number of nitrogens with zero attached hydrogens (tertiary/aromatic N) is 1. The first-order valence-electron chi connectivity index (χ1n) is 6.08. The van der Waals surface area contributed by atoms with Crippen LogP contribution in [-0.2, 0) is 0 Å². The van der Waals surface area contributed by atoms with Crippen molar-refractivity contribution in [3.05, 3.63) is 21.9 Å². The molecular formula is C12H17Cl2N3O. The standard InChI is InChI=1S/C12H17Cl2N3O/c1-7(15)8-3-2-4-17(6-8)12(18)10-5-9(13)11(14)16-10/h5,7-8,16H,2-4,6,15H2,1H3/t7-,8-/m0/s1. The molecule has 1 amide bonds. The number of nitrogens with two attached hydrogens (primary N) is 1. The Morgan fingerprint density at radius 2 is 2.33 bits per heavy atom. The van der Waals surface area contributed by atoms with Crippen molar-refractivity contribution in [1.29, 1.82) is 0 Å². The highest BCUT2D eigenvalue weighted by atomic mass is 35.5. The molecule has 1 aliphatic rings. The number of aromatic amines is 1. The Balaban J connectivity index is 2.09. The maximum atomic E-state index is 12.3. The second-order valence-electron chi connectivity index (χ2n) is 4.86. The number of carbonyl (C=O) groups excluding carboxylic acids is 1. The number of H-pyrrole nitrogens is 1. The SMILES string of the molecule is C[C@H](N)[C@H]1CCCN(C(=O)c2cc(Cl)c(Cl)[nH]2)C1. The Bertz CT molecular complexity index is 425. The molecule has 100 valence electrons. The molecule has 1 aliphatic heterocycles. The van der Waals surface area contributed by atoms with Gasteiger partial charge in [0.05, 0.1) is 5.02 Å². The van der Waals surface area contributed by atoms with E-state index in [2.05, 4.69) is 4.98 Å². The van der Waals surface area contributed by atoms with Gasteiger partial charge in [0.2, 0.25) is 0 Å². The number of hydrogen-bond acceptors (Lipinski definition) is 2. The molecule has 6 heteroatoms. The molecule has 1 aromatic heterocycles. The van der Waals surface area contributed by atoms with Gasteiger partial charge in [-0.1, -0.05) is 23.2 Å². The largest absolute Gasteiger partial charge is 0.340 e. The molecule has 0 saturated carbocycles. The summed E-state index contributed by atoms with van der Waals surface area (Å²) in [5.41, 5.74) is 6.35. The van der Waals surface area contributed by atoms with E-state index in [1.165, 1.54) is 0 Å². The lowest BCUT2D eigenvalue weighted by molar-refractivity contribution is 0.0655. The molecule has 0 radical (unpaired) electrons. The number of nitrogens with one attached hydrogen (secondary N) is 1. The smallest absolute Gasteiger partial charge is 0.270 e. The van der Waals surface area contributed by atoms with Crippen LogP contribution in [0.2, 0.25) is 10.2 Å². The molecular weight excluding hydrogens is 273 g/mol. The van der Waals surface area contributed by atoms with Crippen molar-refractivity contribution in [2.24, 2.45) is 11.7 Å². The van der Waals surface area contributed by atoms with E-state index in [9.17, 15) is 4.79 Å². The highest BCUT2D eigenvalue weighted by molar-refractivity contribution is 6.41. The topological polar surface area (TPSA) is 62.1 Å². The predicted octanol–water partition coefficient (Wildman–Crippen LogP) is 2.52. The summed E-state index contributed by atoms with van der Waals surface area (Å²) in [6.45, 7) is 3.45. The van der Waals surface area contributed by atoms with Crippen LogP contribution < -0.4 is 5.73 Å². The molecule has 2 heterocycles. The van der Waals surface area contributed by atoms with Crippen LogP contribution in [-0.4, -0.2) is 34.9 Å². The molecule has 2 atom stereocenters. The lowest BCUT2D eigenvalue weighted by Crippen LogP contribution is -2.45. The fraction of sp³-hybridized carbons (Fsp3) is 0.583. The third-order valence-electron chi connectivity index (χ3n) is 3.44. The Morgan fingerprint density at radius 3 is 2.89 bits per heavy atom. The number of carbonyl (C=O) groups is 1. The van der Waals surface area contributed by atoms with Gasteiger partial charge in [-0.15, -0.1) is 0 Å². The number of rotatable bonds is 2. The zero-order chi connectivity index (χ0) is 13.3. The van der Waals surface area contributed by atoms with Crippen LogP contribution in [0, 0.1) is 5.92 Å². The number of likely N-dealkylation sites (tertiary alicyclic amines) is 1. The highest BCUT2D eigenvalue weighted by Crippen LogP contribution is 2.25. The van der Waals surface area contributed by atoms with E-state index in [1.807, 2.05) is 11.8 Å². The van der Waals surface area contributed by atoms with E-state index >= 15 is 0 Å². The van der Waals surface area contributed by atoms with Gasteiger partial charge in [-0.25, -0.2) is 0 Å². The molecule has 4 nitrogen and oxygen atoms in total. The molecule has 1 fully saturated rings. The molecule has 1 saturated heterocycles. The normalized spacial score (nSPS) is 22.0. The average molecular weight is 290 g/mol. The molecule has 0 aliphatic carbocycles. The molecule has 0 spiro atoms. The molecule has 2 rings (SSSR count). The van der Waals surface area contributed by atoms with Crippen molar-refractivity contribution in [2.75, 3.05) is 13.1 Å². The van der Waals surface area contributed by atoms with Crippen LogP contribution in [0.15, 0.2) is 6.07 Å². The minimum atomic E-state index is -0.0610. The second kappa shape index (κ2) is 5.51. The number of piperidine rings is 1. The number of amides is 1. The molecule has 0 bridgehead atoms. The van der Waals surface area contributed by atoms with E-state index in [0.29, 0.717) is 28.3 Å². The first-order valence-corrected chi connectivity index (χ1v) is 6.83. The van der Waals surface area contributed by atoms with Gasteiger partial charge in [-0.2, -0.15) is 0 Å². The Labute approximate surface area is 116 Å². The number of halogens is 2. The van der Waals surface area contributed by atoms with Crippen LogP contribution >= 0.6 is 23.2 Å². The third-order valence-corrected chi connectivity index (χ3v) is 4.14. The van der Waals surface area contributed by atoms with E-state index < -0.39 is 0 Å². The fourth-order valence-corrected chi connectivity index (χ4v) is 2.63. The molecule has 18 heavy (non-hydrogen) atoms. The van der Waals surface area contributed by atoms with E-state index in [0.717, 1.165) is 19.4 Å². The highest BCUT2D eigenvalue weighted by Gasteiger charge is 2.27. The predicted molar refractivity (Wildman–Crippen MR) is 73.1 cm³/mol. The summed E-state index contributed by atoms with van der Waals surface area (Å²) in [7, 11) is 0. The van der Waals surface area contributed by atoms with Crippen LogP contribution in [0.4, 0.5) is 0 Å². The zero-order valence-electron chi connectivity index (χ0n) is 10.2. The summed E-state index contributed by atoms with van der Waals surface area (Å²) < 4.78 is 0. The van der Waals surface area contributed by atoms with Crippen molar-refractivity contribution < 1.29 is 4.79 Å². The maximum Gasteiger partial charge on any atom is 0.270 e. The van der Waals surface area contributed by atoms with Crippen LogP contribution in [0.1, 0.15) is 30.3 Å². The summed E-state index contributed by atoms with van der Waals surface area (Å²) in [6.07, 6.45) is 2.06. The van der Waals surface area contributed by atoms with Crippen LogP contribution in [0.5, 0.6) is 0 Å². The van der Waals surface area contributed by atoms with Gasteiger partial charge < -0.3 is 15.6 Å². The Morgan fingerprint density at radius 1 is 1.61 bits per heavy atom. The van der Waals surface area contributed by atoms with Crippen LogP contribution in [0.25, 0.3) is 0 Å². The van der Waals surface area contributed by atoms with Crippen molar-refractivity contribution in [3.8, 4) is 0 Å². The lowest BCUT2D eigenvalue weighted by Gasteiger charge is -2.34. The maximum absolute atomic E-state index is 12.3. The molecule has 0 unspecified atom stereocenters. The van der Waals surface area contributed by atoms with E-state index in [1.54, 1.807) is 6.07 Å². The second-order valence-corrected chi connectivity index (χ2v) is 5.64. The van der Waals surface area contributed by atoms with Gasteiger partial charge in [0.25, 0.3) is 5.91 Å². The van der Waals surface area contributed by atoms with Gasteiger partial charge in [0.1, 0.15) is 10.8 Å². The number of aromatic nitrogens is 1. The van der Waals surface area contributed by atoms with Crippen molar-refractivity contribution >= 4 is 29.1 Å². The van der Waals surface area contributed by atoms with E-state index in [4.69, 9.17) is 28.9 Å². The summed E-state index contributed by atoms with van der Waals surface area (Å²) in [6, 6.07) is 1.68. The van der Waals surface area contributed by atoms with Gasteiger partial charge in [0.15, 0.2) is 0 Å². The molecule has 1 aromatic rings. The quantitative estimate of drug-likeness (QED) is 0.879. The minimum Gasteiger partial charge on any atom is -0.340 e. The summed E-state index contributed by atoms with van der Waals surface area (Å²) in [5, 5.41) is 0.682. The molecule has 0 aromatic carbocycles. The minimum absolute atomic E-state index is 0.0610. The van der Waals surface area contributed by atoms with Gasteiger partial charge in [0, 0.05) is 19.1 Å². The van der Waals surface area contributed by atoms with Crippen molar-refractivity contribution in [1.82, 2.24) is 9.88 Å². The monoisotopic (exact) mass is 289 g/mol. The summed E-state index contributed by atoms with van der Waals surface area (Å²) in [5.74, 6) is 0.303. The van der Waals surface area contributed by atoms with Crippen molar-refractivity contribution in [3.63, 3.8) is 0 Å². The van der Waals surface area contributed by atoms with Crippen molar-refractivity contribution in [2.45, 2.75) is 25.8 Å².